The molecule has 2 rings (SSSR count). The molecule has 1 aliphatic rings. The maximum atomic E-state index is 11.7. The quantitative estimate of drug-likeness (QED) is 0.832. The van der Waals surface area contributed by atoms with Crippen molar-refractivity contribution in [3.63, 3.8) is 0 Å². The highest BCUT2D eigenvalue weighted by molar-refractivity contribution is 7.91. The van der Waals surface area contributed by atoms with Gasteiger partial charge in [-0.3, -0.25) is 4.79 Å². The van der Waals surface area contributed by atoms with E-state index < -0.39 is 9.84 Å². The third kappa shape index (κ3) is 3.66. The van der Waals surface area contributed by atoms with E-state index in [-0.39, 0.29) is 29.9 Å². The smallest absolute Gasteiger partial charge is 0.227 e. The van der Waals surface area contributed by atoms with Crippen LogP contribution in [0.4, 0.5) is 0 Å². The van der Waals surface area contributed by atoms with Crippen molar-refractivity contribution in [2.75, 3.05) is 11.5 Å². The molecule has 0 aliphatic carbocycles. The van der Waals surface area contributed by atoms with E-state index in [0.29, 0.717) is 17.3 Å². The average molecular weight is 309 g/mol. The average Bonchev–Trinajstić information content (AvgIpc) is 2.85. The zero-order valence-electron chi connectivity index (χ0n) is 9.56. The van der Waals surface area contributed by atoms with E-state index in [1.807, 2.05) is 5.38 Å². The number of amides is 1. The Balaban J connectivity index is 1.86. The molecule has 0 aromatic carbocycles. The minimum atomic E-state index is -2.96. The van der Waals surface area contributed by atoms with Gasteiger partial charge in [-0.15, -0.1) is 22.9 Å². The molecule has 18 heavy (non-hydrogen) atoms. The van der Waals surface area contributed by atoms with Crippen molar-refractivity contribution in [1.82, 2.24) is 10.3 Å². The topological polar surface area (TPSA) is 76.1 Å². The number of carbonyl (C=O) groups is 1. The second kappa shape index (κ2) is 5.54. The van der Waals surface area contributed by atoms with Gasteiger partial charge in [0.1, 0.15) is 5.01 Å². The molecule has 1 fully saturated rings. The van der Waals surface area contributed by atoms with Crippen LogP contribution in [0.1, 0.15) is 17.1 Å². The first-order chi connectivity index (χ1) is 8.48. The predicted molar refractivity (Wildman–Crippen MR) is 70.6 cm³/mol. The molecule has 1 saturated heterocycles. The number of halogens is 1. The summed E-state index contributed by atoms with van der Waals surface area (Å²) in [6.45, 7) is 0. The fourth-order valence-electron chi connectivity index (χ4n) is 1.82. The lowest BCUT2D eigenvalue weighted by atomic mass is 10.2. The van der Waals surface area contributed by atoms with Crippen molar-refractivity contribution in [3.05, 3.63) is 16.1 Å². The zero-order valence-corrected chi connectivity index (χ0v) is 11.9. The van der Waals surface area contributed by atoms with Crippen LogP contribution in [0, 0.1) is 0 Å². The van der Waals surface area contributed by atoms with E-state index in [4.69, 9.17) is 11.6 Å². The molecule has 1 N–H and O–H groups in total. The lowest BCUT2D eigenvalue weighted by molar-refractivity contribution is -0.120. The van der Waals surface area contributed by atoms with Crippen molar-refractivity contribution >= 4 is 38.7 Å². The molecule has 0 saturated carbocycles. The van der Waals surface area contributed by atoms with Crippen LogP contribution in [0.3, 0.4) is 0 Å². The minimum Gasteiger partial charge on any atom is -0.352 e. The number of carbonyl (C=O) groups excluding carboxylic acids is 1. The molecular weight excluding hydrogens is 296 g/mol. The van der Waals surface area contributed by atoms with Crippen LogP contribution >= 0.6 is 22.9 Å². The van der Waals surface area contributed by atoms with E-state index in [9.17, 15) is 13.2 Å². The number of thiazole rings is 1. The van der Waals surface area contributed by atoms with Gasteiger partial charge in [-0.2, -0.15) is 0 Å². The second-order valence-corrected chi connectivity index (χ2v) is 7.65. The Morgan fingerprint density at radius 3 is 2.94 bits per heavy atom. The first-order valence-corrected chi connectivity index (χ1v) is 8.71. The van der Waals surface area contributed by atoms with Gasteiger partial charge in [0.15, 0.2) is 9.84 Å². The monoisotopic (exact) mass is 308 g/mol. The number of hydrogen-bond donors (Lipinski definition) is 1. The Bertz CT molecular complexity index is 541. The molecule has 1 atom stereocenters. The second-order valence-electron chi connectivity index (χ2n) is 4.21. The van der Waals surface area contributed by atoms with Gasteiger partial charge in [0, 0.05) is 11.4 Å². The van der Waals surface area contributed by atoms with Crippen molar-refractivity contribution in [1.29, 1.82) is 0 Å². The van der Waals surface area contributed by atoms with E-state index in [1.54, 1.807) is 0 Å². The molecule has 1 amide bonds. The van der Waals surface area contributed by atoms with Crippen molar-refractivity contribution in [3.8, 4) is 0 Å². The Morgan fingerprint density at radius 2 is 2.39 bits per heavy atom. The number of nitrogens with zero attached hydrogens (tertiary/aromatic N) is 1. The molecule has 0 spiro atoms. The highest BCUT2D eigenvalue weighted by Gasteiger charge is 2.28. The third-order valence-electron chi connectivity index (χ3n) is 2.65. The van der Waals surface area contributed by atoms with Gasteiger partial charge in [-0.25, -0.2) is 13.4 Å². The highest BCUT2D eigenvalue weighted by atomic mass is 35.5. The SMILES string of the molecule is O=C(Cc1nc(CCl)cs1)NC1CCS(=O)(=O)C1. The first-order valence-electron chi connectivity index (χ1n) is 5.47. The van der Waals surface area contributed by atoms with Gasteiger partial charge < -0.3 is 5.32 Å². The molecular formula is C10H13ClN2O3S2. The predicted octanol–water partition coefficient (Wildman–Crippen LogP) is 0.728. The van der Waals surface area contributed by atoms with Crippen molar-refractivity contribution < 1.29 is 13.2 Å². The Labute approximate surface area is 114 Å². The van der Waals surface area contributed by atoms with Crippen LogP contribution in [0.5, 0.6) is 0 Å². The Kier molecular flexibility index (Phi) is 4.24. The third-order valence-corrected chi connectivity index (χ3v) is 5.58. The standard InChI is InChI=1S/C10H13ClN2O3S2/c11-4-8-5-17-10(13-8)3-9(14)12-7-1-2-18(15,16)6-7/h5,7H,1-4,6H2,(H,12,14). The number of hydrogen-bond acceptors (Lipinski definition) is 5. The van der Waals surface area contributed by atoms with E-state index in [2.05, 4.69) is 10.3 Å². The fourth-order valence-corrected chi connectivity index (χ4v) is 4.51. The van der Waals surface area contributed by atoms with Crippen LogP contribution in [-0.4, -0.2) is 36.9 Å². The molecule has 100 valence electrons. The number of rotatable bonds is 4. The maximum Gasteiger partial charge on any atom is 0.227 e. The van der Waals surface area contributed by atoms with Crippen LogP contribution in [0.15, 0.2) is 5.38 Å². The van der Waals surface area contributed by atoms with Crippen LogP contribution in [-0.2, 0) is 26.9 Å². The highest BCUT2D eigenvalue weighted by Crippen LogP contribution is 2.14. The Hall–Kier alpha value is -0.660. The summed E-state index contributed by atoms with van der Waals surface area (Å²) in [5.74, 6) is 0.348. The fraction of sp³-hybridized carbons (Fsp3) is 0.600. The molecule has 8 heteroatoms. The molecule has 1 aliphatic heterocycles. The van der Waals surface area contributed by atoms with E-state index in [0.717, 1.165) is 5.69 Å². The van der Waals surface area contributed by atoms with Gasteiger partial charge in [-0.1, -0.05) is 0 Å². The molecule has 1 aromatic heterocycles. The van der Waals surface area contributed by atoms with Crippen LogP contribution in [0.25, 0.3) is 0 Å². The summed E-state index contributed by atoms with van der Waals surface area (Å²) in [4.78, 5) is 15.9. The lowest BCUT2D eigenvalue weighted by Gasteiger charge is -2.09. The summed E-state index contributed by atoms with van der Waals surface area (Å²) in [5.41, 5.74) is 0.757. The van der Waals surface area contributed by atoms with Gasteiger partial charge >= 0.3 is 0 Å². The largest absolute Gasteiger partial charge is 0.352 e. The summed E-state index contributed by atoms with van der Waals surface area (Å²) in [6.07, 6.45) is 0.678. The van der Waals surface area contributed by atoms with Gasteiger partial charge in [0.2, 0.25) is 5.91 Å². The van der Waals surface area contributed by atoms with Crippen molar-refractivity contribution in [2.24, 2.45) is 0 Å². The molecule has 1 unspecified atom stereocenters. The van der Waals surface area contributed by atoms with Gasteiger partial charge in [-0.05, 0) is 6.42 Å². The lowest BCUT2D eigenvalue weighted by Crippen LogP contribution is -2.36. The number of nitrogens with one attached hydrogen (secondary N) is 1. The summed E-state index contributed by atoms with van der Waals surface area (Å²) in [5, 5.41) is 5.24. The molecule has 0 bridgehead atoms. The first kappa shape index (κ1) is 13.8. The van der Waals surface area contributed by atoms with E-state index >= 15 is 0 Å². The van der Waals surface area contributed by atoms with E-state index in [1.165, 1.54) is 11.3 Å². The molecule has 2 heterocycles. The summed E-state index contributed by atoms with van der Waals surface area (Å²) in [6, 6.07) is -0.255. The summed E-state index contributed by atoms with van der Waals surface area (Å²) >= 11 is 7.01. The number of aromatic nitrogens is 1. The summed E-state index contributed by atoms with van der Waals surface area (Å²) in [7, 11) is -2.96. The normalized spacial score (nSPS) is 21.9. The molecule has 5 nitrogen and oxygen atoms in total. The van der Waals surface area contributed by atoms with Crippen LogP contribution < -0.4 is 5.32 Å². The summed E-state index contributed by atoms with van der Waals surface area (Å²) < 4.78 is 22.5. The van der Waals surface area contributed by atoms with Crippen molar-refractivity contribution in [2.45, 2.75) is 24.8 Å². The Morgan fingerprint density at radius 1 is 1.61 bits per heavy atom. The number of sulfone groups is 1. The molecule has 0 radical (unpaired) electrons. The van der Waals surface area contributed by atoms with Crippen LogP contribution in [0.2, 0.25) is 0 Å². The van der Waals surface area contributed by atoms with Gasteiger partial charge in [0.05, 0.1) is 29.5 Å². The zero-order chi connectivity index (χ0) is 13.2. The minimum absolute atomic E-state index is 0.0452. The molecule has 1 aromatic rings. The maximum absolute atomic E-state index is 11.7. The number of alkyl halides is 1. The van der Waals surface area contributed by atoms with Gasteiger partial charge in [0.25, 0.3) is 0 Å².